The molecule has 6 heteroatoms. The third-order valence-electron chi connectivity index (χ3n) is 3.11. The van der Waals surface area contributed by atoms with Gasteiger partial charge in [0.1, 0.15) is 11.6 Å². The molecule has 0 fully saturated rings. The van der Waals surface area contributed by atoms with Gasteiger partial charge < -0.3 is 0 Å². The number of ketones is 1. The monoisotopic (exact) mass is 276 g/mol. The zero-order valence-corrected chi connectivity index (χ0v) is 11.1. The molecule has 0 saturated carbocycles. The largest absolute Gasteiger partial charge is 0.299 e. The summed E-state index contributed by atoms with van der Waals surface area (Å²) in [6.45, 7) is 3.45. The molecule has 2 aromatic rings. The van der Waals surface area contributed by atoms with Crippen LogP contribution in [0.2, 0.25) is 0 Å². The van der Waals surface area contributed by atoms with Crippen molar-refractivity contribution < 1.29 is 14.1 Å². The number of carbonyl (C=O) groups is 1. The van der Waals surface area contributed by atoms with Crippen LogP contribution in [0.3, 0.4) is 0 Å². The molecular formula is C14H13FN2O3. The molecule has 0 spiro atoms. The van der Waals surface area contributed by atoms with Crippen molar-refractivity contribution >= 4 is 22.4 Å². The molecule has 0 saturated heterocycles. The number of halogens is 1. The van der Waals surface area contributed by atoms with Gasteiger partial charge in [0.2, 0.25) is 0 Å². The van der Waals surface area contributed by atoms with Crippen molar-refractivity contribution in [2.75, 3.05) is 0 Å². The number of non-ortho nitro benzene ring substituents is 1. The molecule has 0 radical (unpaired) electrons. The highest BCUT2D eigenvalue weighted by Crippen LogP contribution is 2.29. The maximum absolute atomic E-state index is 14.1. The number of hydrogen-bond donors (Lipinski definition) is 0. The van der Waals surface area contributed by atoms with Crippen LogP contribution < -0.4 is 0 Å². The normalized spacial score (nSPS) is 11.0. The second-order valence-electron chi connectivity index (χ2n) is 4.81. The Morgan fingerprint density at radius 1 is 1.50 bits per heavy atom. The van der Waals surface area contributed by atoms with Crippen molar-refractivity contribution in [1.29, 1.82) is 0 Å². The summed E-state index contributed by atoms with van der Waals surface area (Å²) in [6.07, 6.45) is 1.31. The zero-order valence-electron chi connectivity index (χ0n) is 11.1. The van der Waals surface area contributed by atoms with Crippen molar-refractivity contribution in [3.63, 3.8) is 0 Å². The Labute approximate surface area is 114 Å². The van der Waals surface area contributed by atoms with Crippen LogP contribution in [0.4, 0.5) is 10.1 Å². The minimum absolute atomic E-state index is 0.116. The summed E-state index contributed by atoms with van der Waals surface area (Å²) in [6, 6.07) is 3.90. The van der Waals surface area contributed by atoms with E-state index < -0.39 is 10.7 Å². The predicted molar refractivity (Wildman–Crippen MR) is 71.9 cm³/mol. The Morgan fingerprint density at radius 2 is 2.20 bits per heavy atom. The van der Waals surface area contributed by atoms with Gasteiger partial charge in [0, 0.05) is 24.1 Å². The Bertz CT molecular complexity index is 698. The van der Waals surface area contributed by atoms with Crippen LogP contribution >= 0.6 is 0 Å². The van der Waals surface area contributed by atoms with Gasteiger partial charge in [0.15, 0.2) is 0 Å². The lowest BCUT2D eigenvalue weighted by molar-refractivity contribution is -0.383. The van der Waals surface area contributed by atoms with Gasteiger partial charge >= 0.3 is 0 Å². The summed E-state index contributed by atoms with van der Waals surface area (Å²) in [7, 11) is 0. The van der Waals surface area contributed by atoms with Crippen LogP contribution in [-0.4, -0.2) is 15.7 Å². The minimum Gasteiger partial charge on any atom is -0.299 e. The number of Topliss-reactive ketones (excluding diaryl/α,β-unsaturated/α-hetero) is 1. The van der Waals surface area contributed by atoms with Crippen molar-refractivity contribution in [2.24, 2.45) is 5.92 Å². The van der Waals surface area contributed by atoms with Gasteiger partial charge in [-0.05, 0) is 12.1 Å². The number of pyridine rings is 1. The molecular weight excluding hydrogens is 263 g/mol. The third kappa shape index (κ3) is 2.49. The SMILES string of the molecule is CC(C)C(=O)Cc1c(F)cc([N+](=O)[O-])c2cccnc12. The maximum atomic E-state index is 14.1. The number of nitro benzene ring substituents is 1. The molecule has 0 aliphatic carbocycles. The molecule has 0 aliphatic heterocycles. The molecule has 20 heavy (non-hydrogen) atoms. The molecule has 0 bridgehead atoms. The first-order chi connectivity index (χ1) is 9.41. The second-order valence-corrected chi connectivity index (χ2v) is 4.81. The van der Waals surface area contributed by atoms with E-state index in [2.05, 4.69) is 4.98 Å². The fraction of sp³-hybridized carbons (Fsp3) is 0.286. The van der Waals surface area contributed by atoms with Crippen LogP contribution in [0.5, 0.6) is 0 Å². The number of hydrogen-bond acceptors (Lipinski definition) is 4. The van der Waals surface area contributed by atoms with E-state index in [-0.39, 0.29) is 40.3 Å². The Balaban J connectivity index is 2.67. The predicted octanol–water partition coefficient (Wildman–Crippen LogP) is 3.05. The van der Waals surface area contributed by atoms with Crippen molar-refractivity contribution in [3.8, 4) is 0 Å². The van der Waals surface area contributed by atoms with E-state index in [4.69, 9.17) is 0 Å². The lowest BCUT2D eigenvalue weighted by Crippen LogP contribution is -2.12. The highest BCUT2D eigenvalue weighted by atomic mass is 19.1. The Hall–Kier alpha value is -2.37. The van der Waals surface area contributed by atoms with E-state index in [0.29, 0.717) is 0 Å². The summed E-state index contributed by atoms with van der Waals surface area (Å²) in [5.74, 6) is -1.13. The molecule has 0 atom stereocenters. The molecule has 0 aliphatic rings. The minimum atomic E-state index is -0.767. The standard InChI is InChI=1S/C14H13FN2O3/c1-8(2)13(18)6-10-11(15)7-12(17(19)20)9-4-3-5-16-14(9)10/h3-5,7-8H,6H2,1-2H3. The summed E-state index contributed by atoms with van der Waals surface area (Å²) in [5, 5.41) is 11.2. The highest BCUT2D eigenvalue weighted by molar-refractivity contribution is 5.94. The number of nitrogens with zero attached hydrogens (tertiary/aromatic N) is 2. The number of aromatic nitrogens is 1. The lowest BCUT2D eigenvalue weighted by atomic mass is 9.98. The zero-order chi connectivity index (χ0) is 14.9. The lowest BCUT2D eigenvalue weighted by Gasteiger charge is -2.09. The molecule has 104 valence electrons. The molecule has 1 heterocycles. The first-order valence-corrected chi connectivity index (χ1v) is 6.15. The van der Waals surface area contributed by atoms with Crippen LogP contribution in [0.15, 0.2) is 24.4 Å². The average molecular weight is 276 g/mol. The van der Waals surface area contributed by atoms with E-state index in [0.717, 1.165) is 6.07 Å². The maximum Gasteiger partial charge on any atom is 0.281 e. The average Bonchev–Trinajstić information content (AvgIpc) is 2.40. The first kappa shape index (κ1) is 14.0. The Morgan fingerprint density at radius 3 is 2.80 bits per heavy atom. The van der Waals surface area contributed by atoms with Crippen molar-refractivity contribution in [3.05, 3.63) is 45.9 Å². The van der Waals surface area contributed by atoms with Gasteiger partial charge in [-0.2, -0.15) is 0 Å². The first-order valence-electron chi connectivity index (χ1n) is 6.15. The van der Waals surface area contributed by atoms with Gasteiger partial charge in [-0.1, -0.05) is 13.8 Å². The van der Waals surface area contributed by atoms with Gasteiger partial charge in [0.25, 0.3) is 5.69 Å². The van der Waals surface area contributed by atoms with Crippen LogP contribution in [0, 0.1) is 21.8 Å². The number of fused-ring (bicyclic) bond motifs is 1. The fourth-order valence-corrected chi connectivity index (χ4v) is 1.95. The van der Waals surface area contributed by atoms with Gasteiger partial charge in [-0.15, -0.1) is 0 Å². The second kappa shape index (κ2) is 5.32. The number of benzene rings is 1. The topological polar surface area (TPSA) is 73.1 Å². The van der Waals surface area contributed by atoms with Gasteiger partial charge in [0.05, 0.1) is 21.9 Å². The number of carbonyl (C=O) groups excluding carboxylic acids is 1. The van der Waals surface area contributed by atoms with E-state index in [1.165, 1.54) is 12.3 Å². The molecule has 1 aromatic carbocycles. The number of rotatable bonds is 4. The van der Waals surface area contributed by atoms with E-state index in [1.54, 1.807) is 19.9 Å². The van der Waals surface area contributed by atoms with E-state index >= 15 is 0 Å². The van der Waals surface area contributed by atoms with Gasteiger partial charge in [-0.3, -0.25) is 19.9 Å². The van der Waals surface area contributed by atoms with E-state index in [9.17, 15) is 19.3 Å². The fourth-order valence-electron chi connectivity index (χ4n) is 1.95. The number of nitro groups is 1. The van der Waals surface area contributed by atoms with Crippen LogP contribution in [0.25, 0.3) is 10.9 Å². The summed E-state index contributed by atoms with van der Waals surface area (Å²) in [4.78, 5) is 26.1. The summed E-state index contributed by atoms with van der Waals surface area (Å²) < 4.78 is 14.1. The Kier molecular flexibility index (Phi) is 3.74. The van der Waals surface area contributed by atoms with E-state index in [1.807, 2.05) is 0 Å². The molecule has 0 amide bonds. The summed E-state index contributed by atoms with van der Waals surface area (Å²) in [5.41, 5.74) is -0.0514. The quantitative estimate of drug-likeness (QED) is 0.635. The van der Waals surface area contributed by atoms with Crippen LogP contribution in [0.1, 0.15) is 19.4 Å². The third-order valence-corrected chi connectivity index (χ3v) is 3.11. The van der Waals surface area contributed by atoms with Gasteiger partial charge in [-0.25, -0.2) is 4.39 Å². The molecule has 0 N–H and O–H groups in total. The van der Waals surface area contributed by atoms with Crippen molar-refractivity contribution in [1.82, 2.24) is 4.98 Å². The van der Waals surface area contributed by atoms with Crippen molar-refractivity contribution in [2.45, 2.75) is 20.3 Å². The smallest absolute Gasteiger partial charge is 0.281 e. The molecule has 5 nitrogen and oxygen atoms in total. The highest BCUT2D eigenvalue weighted by Gasteiger charge is 2.22. The molecule has 1 aromatic heterocycles. The molecule has 2 rings (SSSR count). The summed E-state index contributed by atoms with van der Waals surface area (Å²) >= 11 is 0. The van der Waals surface area contributed by atoms with Crippen LogP contribution in [-0.2, 0) is 11.2 Å². The molecule has 0 unspecified atom stereocenters.